The summed E-state index contributed by atoms with van der Waals surface area (Å²) in [6.07, 6.45) is 3.46. The summed E-state index contributed by atoms with van der Waals surface area (Å²) in [4.78, 5) is 14.7. The Balaban J connectivity index is 1.69. The first-order chi connectivity index (χ1) is 13.6. The van der Waals surface area contributed by atoms with E-state index in [-0.39, 0.29) is 18.1 Å². The van der Waals surface area contributed by atoms with Gasteiger partial charge in [-0.3, -0.25) is 9.80 Å². The number of carbonyl (C=O) groups is 1. The number of amides is 1. The van der Waals surface area contributed by atoms with E-state index in [0.29, 0.717) is 31.4 Å². The average Bonchev–Trinajstić information content (AvgIpc) is 3.54. The first-order valence-electron chi connectivity index (χ1n) is 9.96. The van der Waals surface area contributed by atoms with Gasteiger partial charge in [-0.05, 0) is 31.0 Å². The van der Waals surface area contributed by atoms with Crippen LogP contribution in [0.2, 0.25) is 0 Å². The SMILES string of the molecule is NCCN(N)/C(=N\N)c1ccc2c(c1)[C@@H](N1CCCCC1=O)CC(C1CN1)O2. The van der Waals surface area contributed by atoms with E-state index in [1.165, 1.54) is 5.01 Å². The number of carbonyl (C=O) groups excluding carboxylic acids is 1. The molecule has 0 radical (unpaired) electrons. The van der Waals surface area contributed by atoms with Crippen LogP contribution < -0.4 is 27.5 Å². The third-order valence-corrected chi connectivity index (χ3v) is 5.75. The quantitative estimate of drug-likeness (QED) is 0.177. The second-order valence-corrected chi connectivity index (χ2v) is 7.65. The number of benzene rings is 1. The molecule has 9 nitrogen and oxygen atoms in total. The van der Waals surface area contributed by atoms with Crippen LogP contribution in [-0.4, -0.2) is 60.0 Å². The molecule has 2 saturated heterocycles. The van der Waals surface area contributed by atoms with Crippen molar-refractivity contribution in [2.24, 2.45) is 22.5 Å². The molecular formula is C19H29N7O2. The second kappa shape index (κ2) is 7.94. The molecule has 9 heteroatoms. The van der Waals surface area contributed by atoms with Crippen LogP contribution in [0.15, 0.2) is 23.3 Å². The summed E-state index contributed by atoms with van der Waals surface area (Å²) < 4.78 is 6.25. The Morgan fingerprint density at radius 2 is 2.21 bits per heavy atom. The van der Waals surface area contributed by atoms with Gasteiger partial charge in [0.2, 0.25) is 5.91 Å². The highest BCUT2D eigenvalue weighted by molar-refractivity contribution is 5.98. The van der Waals surface area contributed by atoms with Crippen molar-refractivity contribution >= 4 is 11.7 Å². The van der Waals surface area contributed by atoms with E-state index in [9.17, 15) is 4.79 Å². The summed E-state index contributed by atoms with van der Waals surface area (Å²) in [5.41, 5.74) is 7.39. The summed E-state index contributed by atoms with van der Waals surface area (Å²) >= 11 is 0. The molecular weight excluding hydrogens is 358 g/mol. The molecule has 0 aromatic heterocycles. The third-order valence-electron chi connectivity index (χ3n) is 5.75. The largest absolute Gasteiger partial charge is 0.488 e. The Labute approximate surface area is 164 Å². The fraction of sp³-hybridized carbons (Fsp3) is 0.579. The molecule has 28 heavy (non-hydrogen) atoms. The Bertz CT molecular complexity index is 765. The minimum atomic E-state index is -0.0105. The van der Waals surface area contributed by atoms with Gasteiger partial charge in [0.15, 0.2) is 5.84 Å². The number of likely N-dealkylation sites (tertiary alicyclic amines) is 1. The van der Waals surface area contributed by atoms with Gasteiger partial charge in [0.1, 0.15) is 11.9 Å². The zero-order valence-corrected chi connectivity index (χ0v) is 16.0. The maximum absolute atomic E-state index is 12.6. The first-order valence-corrected chi connectivity index (χ1v) is 9.96. The van der Waals surface area contributed by atoms with E-state index < -0.39 is 0 Å². The standard InChI is InChI=1S/C19H29N7O2/c20-6-8-26(22)19(24-21)12-4-5-16-13(9-12)15(10-17(28-16)14-11-23-14)25-7-2-1-3-18(25)27/h4-5,9,14-15,17,23H,1-3,6-8,10-11,20-22H2/b24-19-/t14?,15-,17?/m0/s1. The monoisotopic (exact) mass is 387 g/mol. The van der Waals surface area contributed by atoms with Crippen molar-refractivity contribution in [3.05, 3.63) is 29.3 Å². The lowest BCUT2D eigenvalue weighted by molar-refractivity contribution is -0.137. The Kier molecular flexibility index (Phi) is 5.38. The van der Waals surface area contributed by atoms with Crippen molar-refractivity contribution < 1.29 is 9.53 Å². The van der Waals surface area contributed by atoms with Crippen LogP contribution in [-0.2, 0) is 4.79 Å². The molecule has 2 fully saturated rings. The molecule has 3 atom stereocenters. The lowest BCUT2D eigenvalue weighted by Gasteiger charge is -2.41. The van der Waals surface area contributed by atoms with Gasteiger partial charge in [-0.15, -0.1) is 0 Å². The molecule has 3 aliphatic heterocycles. The van der Waals surface area contributed by atoms with Crippen molar-refractivity contribution in [3.63, 3.8) is 0 Å². The Morgan fingerprint density at radius 1 is 1.39 bits per heavy atom. The molecule has 3 heterocycles. The zero-order valence-electron chi connectivity index (χ0n) is 16.0. The van der Waals surface area contributed by atoms with Gasteiger partial charge in [-0.2, -0.15) is 5.10 Å². The summed E-state index contributed by atoms with van der Waals surface area (Å²) in [7, 11) is 0. The van der Waals surface area contributed by atoms with Crippen LogP contribution in [0.1, 0.15) is 42.9 Å². The molecule has 152 valence electrons. The van der Waals surface area contributed by atoms with Crippen molar-refractivity contribution in [2.45, 2.75) is 43.9 Å². The number of piperidine rings is 1. The molecule has 0 saturated carbocycles. The van der Waals surface area contributed by atoms with E-state index in [0.717, 1.165) is 49.2 Å². The summed E-state index contributed by atoms with van der Waals surface area (Å²) in [5.74, 6) is 13.2. The maximum Gasteiger partial charge on any atom is 0.223 e. The van der Waals surface area contributed by atoms with Gasteiger partial charge < -0.3 is 26.5 Å². The highest BCUT2D eigenvalue weighted by Gasteiger charge is 2.42. The Morgan fingerprint density at radius 3 is 2.89 bits per heavy atom. The number of hydrogen-bond acceptors (Lipinski definition) is 7. The highest BCUT2D eigenvalue weighted by atomic mass is 16.5. The molecule has 0 aliphatic carbocycles. The lowest BCUT2D eigenvalue weighted by atomic mass is 9.90. The highest BCUT2D eigenvalue weighted by Crippen LogP contribution is 2.42. The van der Waals surface area contributed by atoms with E-state index in [1.54, 1.807) is 0 Å². The number of fused-ring (bicyclic) bond motifs is 1. The molecule has 0 bridgehead atoms. The summed E-state index contributed by atoms with van der Waals surface area (Å²) in [6.45, 7) is 2.58. The number of hydrazine groups is 1. The van der Waals surface area contributed by atoms with Crippen molar-refractivity contribution in [2.75, 3.05) is 26.2 Å². The van der Waals surface area contributed by atoms with Crippen molar-refractivity contribution in [1.29, 1.82) is 0 Å². The molecule has 7 N–H and O–H groups in total. The molecule has 1 aromatic rings. The van der Waals surface area contributed by atoms with Crippen LogP contribution in [0.3, 0.4) is 0 Å². The summed E-state index contributed by atoms with van der Waals surface area (Å²) in [6, 6.07) is 6.19. The number of nitrogens with zero attached hydrogens (tertiary/aromatic N) is 3. The van der Waals surface area contributed by atoms with Crippen LogP contribution in [0.25, 0.3) is 0 Å². The molecule has 4 rings (SSSR count). The van der Waals surface area contributed by atoms with E-state index in [2.05, 4.69) is 10.4 Å². The van der Waals surface area contributed by atoms with Gasteiger partial charge in [0.05, 0.1) is 12.1 Å². The normalized spacial score (nSPS) is 27.2. The van der Waals surface area contributed by atoms with Gasteiger partial charge in [-0.1, -0.05) is 0 Å². The van der Waals surface area contributed by atoms with Gasteiger partial charge >= 0.3 is 0 Å². The number of hydrazone groups is 1. The van der Waals surface area contributed by atoms with E-state index in [4.69, 9.17) is 22.2 Å². The minimum absolute atomic E-state index is 0.0105. The van der Waals surface area contributed by atoms with Crippen LogP contribution in [0, 0.1) is 0 Å². The number of amidine groups is 1. The fourth-order valence-electron chi connectivity index (χ4n) is 4.20. The number of ether oxygens (including phenoxy) is 1. The maximum atomic E-state index is 12.6. The molecule has 1 amide bonds. The molecule has 0 spiro atoms. The number of hydrogen-bond donors (Lipinski definition) is 4. The van der Waals surface area contributed by atoms with Crippen LogP contribution in [0.5, 0.6) is 5.75 Å². The first kappa shape index (κ1) is 19.0. The molecule has 1 aromatic carbocycles. The Hall–Kier alpha value is -2.36. The van der Waals surface area contributed by atoms with Gasteiger partial charge in [-0.25, -0.2) is 5.84 Å². The van der Waals surface area contributed by atoms with Crippen LogP contribution >= 0.6 is 0 Å². The third kappa shape index (κ3) is 3.65. The van der Waals surface area contributed by atoms with Crippen molar-refractivity contribution in [3.8, 4) is 5.75 Å². The second-order valence-electron chi connectivity index (χ2n) is 7.65. The summed E-state index contributed by atoms with van der Waals surface area (Å²) in [5, 5.41) is 8.65. The number of nitrogens with one attached hydrogen (secondary N) is 1. The average molecular weight is 387 g/mol. The predicted molar refractivity (Wildman–Crippen MR) is 106 cm³/mol. The van der Waals surface area contributed by atoms with Crippen LogP contribution in [0.4, 0.5) is 0 Å². The molecule has 3 aliphatic rings. The van der Waals surface area contributed by atoms with Gasteiger partial charge in [0, 0.05) is 50.1 Å². The predicted octanol–water partition coefficient (Wildman–Crippen LogP) is -0.382. The fourth-order valence-corrected chi connectivity index (χ4v) is 4.20. The number of rotatable bonds is 5. The topological polar surface area (TPSA) is 145 Å². The van der Waals surface area contributed by atoms with Gasteiger partial charge in [0.25, 0.3) is 0 Å². The number of nitrogens with two attached hydrogens (primary N) is 3. The van der Waals surface area contributed by atoms with Crippen molar-refractivity contribution in [1.82, 2.24) is 15.2 Å². The minimum Gasteiger partial charge on any atom is -0.488 e. The lowest BCUT2D eigenvalue weighted by Crippen LogP contribution is -2.44. The van der Waals surface area contributed by atoms with E-state index >= 15 is 0 Å². The van der Waals surface area contributed by atoms with E-state index in [1.807, 2.05) is 23.1 Å². The molecule has 2 unspecified atom stereocenters. The smallest absolute Gasteiger partial charge is 0.223 e. The zero-order chi connectivity index (χ0) is 19.7.